The van der Waals surface area contributed by atoms with Crippen LogP contribution >= 0.6 is 0 Å². The van der Waals surface area contributed by atoms with Crippen LogP contribution in [0.1, 0.15) is 32.8 Å². The van der Waals surface area contributed by atoms with E-state index in [2.05, 4.69) is 13.8 Å². The fourth-order valence-electron chi connectivity index (χ4n) is 1.64. The zero-order valence-electron chi connectivity index (χ0n) is 9.83. The highest BCUT2D eigenvalue weighted by Crippen LogP contribution is 2.22. The smallest absolute Gasteiger partial charge is 0.144 e. The third-order valence-corrected chi connectivity index (χ3v) is 2.22. The van der Waals surface area contributed by atoms with E-state index in [1.165, 1.54) is 6.07 Å². The molecule has 0 fully saturated rings. The Morgan fingerprint density at radius 3 is 2.62 bits per heavy atom. The van der Waals surface area contributed by atoms with E-state index in [4.69, 9.17) is 10.00 Å². The van der Waals surface area contributed by atoms with Crippen molar-refractivity contribution < 1.29 is 9.13 Å². The number of hydrogen-bond acceptors (Lipinski definition) is 2. The average molecular weight is 221 g/mol. The van der Waals surface area contributed by atoms with E-state index < -0.39 is 5.82 Å². The molecule has 0 aliphatic carbocycles. The van der Waals surface area contributed by atoms with E-state index in [-0.39, 0.29) is 11.7 Å². The molecule has 1 aromatic carbocycles. The van der Waals surface area contributed by atoms with Gasteiger partial charge in [0.15, 0.2) is 0 Å². The highest BCUT2D eigenvalue weighted by molar-refractivity contribution is 5.43. The zero-order valence-corrected chi connectivity index (χ0v) is 9.83. The number of hydrogen-bond donors (Lipinski definition) is 0. The van der Waals surface area contributed by atoms with E-state index in [0.717, 1.165) is 6.42 Å². The van der Waals surface area contributed by atoms with Gasteiger partial charge in [-0.2, -0.15) is 5.26 Å². The maximum atomic E-state index is 13.3. The van der Waals surface area contributed by atoms with Gasteiger partial charge in [-0.25, -0.2) is 4.39 Å². The van der Waals surface area contributed by atoms with Gasteiger partial charge in [-0.15, -0.1) is 0 Å². The van der Waals surface area contributed by atoms with E-state index in [1.807, 2.05) is 13.0 Å². The van der Waals surface area contributed by atoms with Crippen LogP contribution in [0.4, 0.5) is 4.39 Å². The molecular formula is C13H16FNO. The van der Waals surface area contributed by atoms with Crippen molar-refractivity contribution in [3.63, 3.8) is 0 Å². The third-order valence-electron chi connectivity index (χ3n) is 2.22. The van der Waals surface area contributed by atoms with Gasteiger partial charge in [0, 0.05) is 0 Å². The molecule has 0 heterocycles. The van der Waals surface area contributed by atoms with Crippen LogP contribution in [-0.4, -0.2) is 6.10 Å². The molecule has 2 nitrogen and oxygen atoms in total. The van der Waals surface area contributed by atoms with Gasteiger partial charge in [-0.1, -0.05) is 19.9 Å². The molecule has 0 aromatic heterocycles. The van der Waals surface area contributed by atoms with Crippen LogP contribution in [0, 0.1) is 23.1 Å². The molecule has 0 amide bonds. The standard InChI is InChI=1S/C13H16FNO/c1-9(2)7-10(3)16-13-6-4-5-12(14)11(13)8-15/h4-6,9-10H,7H2,1-3H3. The summed E-state index contributed by atoms with van der Waals surface area (Å²) in [5, 5.41) is 8.82. The Labute approximate surface area is 95.7 Å². The summed E-state index contributed by atoms with van der Waals surface area (Å²) in [4.78, 5) is 0. The summed E-state index contributed by atoms with van der Waals surface area (Å²) >= 11 is 0. The highest BCUT2D eigenvalue weighted by atomic mass is 19.1. The second-order valence-electron chi connectivity index (χ2n) is 4.28. The van der Waals surface area contributed by atoms with Crippen LogP contribution in [0.3, 0.4) is 0 Å². The fourth-order valence-corrected chi connectivity index (χ4v) is 1.64. The van der Waals surface area contributed by atoms with Gasteiger partial charge in [0.1, 0.15) is 23.2 Å². The quantitative estimate of drug-likeness (QED) is 0.779. The SMILES string of the molecule is CC(C)CC(C)Oc1cccc(F)c1C#N. The van der Waals surface area contributed by atoms with Crippen LogP contribution in [0.25, 0.3) is 0 Å². The lowest BCUT2D eigenvalue weighted by Gasteiger charge is -2.17. The fraction of sp³-hybridized carbons (Fsp3) is 0.462. The molecule has 0 aliphatic rings. The summed E-state index contributed by atoms with van der Waals surface area (Å²) < 4.78 is 18.8. The molecule has 0 aliphatic heterocycles. The van der Waals surface area contributed by atoms with Crippen molar-refractivity contribution in [2.45, 2.75) is 33.3 Å². The summed E-state index contributed by atoms with van der Waals surface area (Å²) in [5.74, 6) is 0.307. The van der Waals surface area contributed by atoms with Gasteiger partial charge in [0.2, 0.25) is 0 Å². The maximum absolute atomic E-state index is 13.3. The number of halogens is 1. The Morgan fingerprint density at radius 1 is 1.38 bits per heavy atom. The van der Waals surface area contributed by atoms with Gasteiger partial charge in [-0.3, -0.25) is 0 Å². The molecule has 1 rings (SSSR count). The van der Waals surface area contributed by atoms with Crippen molar-refractivity contribution in [3.05, 3.63) is 29.6 Å². The molecule has 0 saturated heterocycles. The molecular weight excluding hydrogens is 205 g/mol. The zero-order chi connectivity index (χ0) is 12.1. The molecule has 0 saturated carbocycles. The first-order chi connectivity index (χ1) is 7.54. The second-order valence-corrected chi connectivity index (χ2v) is 4.28. The molecule has 1 aromatic rings. The average Bonchev–Trinajstić information content (AvgIpc) is 2.16. The third kappa shape index (κ3) is 3.23. The second kappa shape index (κ2) is 5.50. The van der Waals surface area contributed by atoms with Gasteiger partial charge < -0.3 is 4.74 Å². The van der Waals surface area contributed by atoms with Crippen molar-refractivity contribution >= 4 is 0 Å². The van der Waals surface area contributed by atoms with Crippen molar-refractivity contribution in [1.29, 1.82) is 5.26 Å². The van der Waals surface area contributed by atoms with E-state index in [1.54, 1.807) is 12.1 Å². The lowest BCUT2D eigenvalue weighted by atomic mass is 10.1. The molecule has 0 spiro atoms. The summed E-state index contributed by atoms with van der Waals surface area (Å²) in [5.41, 5.74) is -0.0156. The number of benzene rings is 1. The largest absolute Gasteiger partial charge is 0.489 e. The number of nitriles is 1. The van der Waals surface area contributed by atoms with Crippen LogP contribution in [0.15, 0.2) is 18.2 Å². The van der Waals surface area contributed by atoms with Crippen LogP contribution in [0.2, 0.25) is 0 Å². The predicted molar refractivity (Wildman–Crippen MR) is 60.7 cm³/mol. The minimum atomic E-state index is -0.531. The molecule has 0 bridgehead atoms. The minimum Gasteiger partial charge on any atom is -0.489 e. The van der Waals surface area contributed by atoms with Crippen LogP contribution in [-0.2, 0) is 0 Å². The Kier molecular flexibility index (Phi) is 4.30. The molecule has 0 N–H and O–H groups in total. The molecule has 16 heavy (non-hydrogen) atoms. The van der Waals surface area contributed by atoms with Gasteiger partial charge in [0.25, 0.3) is 0 Å². The van der Waals surface area contributed by atoms with Gasteiger partial charge >= 0.3 is 0 Å². The Morgan fingerprint density at radius 2 is 2.06 bits per heavy atom. The van der Waals surface area contributed by atoms with E-state index in [9.17, 15) is 4.39 Å². The Balaban J connectivity index is 2.82. The number of rotatable bonds is 4. The predicted octanol–water partition coefficient (Wildman–Crippen LogP) is 3.51. The summed E-state index contributed by atoms with van der Waals surface area (Å²) in [6.45, 7) is 6.11. The first kappa shape index (κ1) is 12.5. The first-order valence-corrected chi connectivity index (χ1v) is 5.39. The van der Waals surface area contributed by atoms with Crippen LogP contribution < -0.4 is 4.74 Å². The van der Waals surface area contributed by atoms with Crippen molar-refractivity contribution in [1.82, 2.24) is 0 Å². The first-order valence-electron chi connectivity index (χ1n) is 5.39. The minimum absolute atomic E-state index is 0.0156. The Bertz CT molecular complexity index is 395. The van der Waals surface area contributed by atoms with Crippen molar-refractivity contribution in [2.75, 3.05) is 0 Å². The van der Waals surface area contributed by atoms with E-state index in [0.29, 0.717) is 11.7 Å². The summed E-state index contributed by atoms with van der Waals surface area (Å²) in [6.07, 6.45) is 0.857. The van der Waals surface area contributed by atoms with Gasteiger partial charge in [0.05, 0.1) is 6.10 Å². The molecule has 1 atom stereocenters. The molecule has 86 valence electrons. The monoisotopic (exact) mass is 221 g/mol. The molecule has 1 unspecified atom stereocenters. The lowest BCUT2D eigenvalue weighted by molar-refractivity contribution is 0.192. The summed E-state index contributed by atoms with van der Waals surface area (Å²) in [6, 6.07) is 6.26. The Hall–Kier alpha value is -1.56. The topological polar surface area (TPSA) is 33.0 Å². The highest BCUT2D eigenvalue weighted by Gasteiger charge is 2.12. The number of ether oxygens (including phenoxy) is 1. The number of nitrogens with zero attached hydrogens (tertiary/aromatic N) is 1. The maximum Gasteiger partial charge on any atom is 0.144 e. The van der Waals surface area contributed by atoms with Crippen molar-refractivity contribution in [3.8, 4) is 11.8 Å². The molecule has 0 radical (unpaired) electrons. The van der Waals surface area contributed by atoms with Crippen LogP contribution in [0.5, 0.6) is 5.75 Å². The van der Waals surface area contributed by atoms with Crippen molar-refractivity contribution in [2.24, 2.45) is 5.92 Å². The van der Waals surface area contributed by atoms with E-state index >= 15 is 0 Å². The lowest BCUT2D eigenvalue weighted by Crippen LogP contribution is -2.15. The molecule has 3 heteroatoms. The van der Waals surface area contributed by atoms with Gasteiger partial charge in [-0.05, 0) is 31.4 Å². The normalized spacial score (nSPS) is 12.2. The summed E-state index contributed by atoms with van der Waals surface area (Å²) in [7, 11) is 0.